The fourth-order valence-electron chi connectivity index (χ4n) is 2.93. The van der Waals surface area contributed by atoms with Gasteiger partial charge in [0.05, 0.1) is 0 Å². The molecule has 1 aliphatic heterocycles. The SMILES string of the molecule is C=CCNC(=S)Nc1nc(C)cc(N2C[C@H](C)C[C@H](C)C2)n1. The molecule has 1 aliphatic rings. The van der Waals surface area contributed by atoms with Gasteiger partial charge < -0.3 is 15.5 Å². The van der Waals surface area contributed by atoms with Gasteiger partial charge in [0.25, 0.3) is 0 Å². The number of piperidine rings is 1. The Morgan fingerprint density at radius 3 is 2.73 bits per heavy atom. The molecule has 0 amide bonds. The van der Waals surface area contributed by atoms with Gasteiger partial charge in [-0.1, -0.05) is 19.9 Å². The zero-order valence-electron chi connectivity index (χ0n) is 13.6. The Labute approximate surface area is 138 Å². The first-order chi connectivity index (χ1) is 10.5. The highest BCUT2D eigenvalue weighted by molar-refractivity contribution is 7.80. The van der Waals surface area contributed by atoms with Crippen molar-refractivity contribution in [3.8, 4) is 0 Å². The van der Waals surface area contributed by atoms with Crippen molar-refractivity contribution in [3.05, 3.63) is 24.4 Å². The maximum absolute atomic E-state index is 5.22. The smallest absolute Gasteiger partial charge is 0.231 e. The monoisotopic (exact) mass is 319 g/mol. The summed E-state index contributed by atoms with van der Waals surface area (Å²) in [5.74, 6) is 2.89. The molecule has 2 N–H and O–H groups in total. The van der Waals surface area contributed by atoms with Gasteiger partial charge in [-0.25, -0.2) is 4.98 Å². The Hall–Kier alpha value is -1.69. The van der Waals surface area contributed by atoms with E-state index in [4.69, 9.17) is 12.2 Å². The molecule has 0 aromatic carbocycles. The van der Waals surface area contributed by atoms with Gasteiger partial charge in [-0.15, -0.1) is 6.58 Å². The maximum Gasteiger partial charge on any atom is 0.231 e. The largest absolute Gasteiger partial charge is 0.359 e. The zero-order chi connectivity index (χ0) is 16.1. The van der Waals surface area contributed by atoms with Crippen molar-refractivity contribution in [3.63, 3.8) is 0 Å². The number of rotatable bonds is 4. The van der Waals surface area contributed by atoms with E-state index in [9.17, 15) is 0 Å². The van der Waals surface area contributed by atoms with Crippen molar-refractivity contribution in [2.24, 2.45) is 11.8 Å². The van der Waals surface area contributed by atoms with Crippen LogP contribution in [0.1, 0.15) is 26.0 Å². The van der Waals surface area contributed by atoms with Crippen LogP contribution >= 0.6 is 12.2 Å². The lowest BCUT2D eigenvalue weighted by Crippen LogP contribution is -2.39. The summed E-state index contributed by atoms with van der Waals surface area (Å²) in [6, 6.07) is 2.04. The van der Waals surface area contributed by atoms with Crippen LogP contribution in [-0.4, -0.2) is 34.7 Å². The van der Waals surface area contributed by atoms with Gasteiger partial charge in [0.2, 0.25) is 5.95 Å². The molecule has 2 rings (SSSR count). The fourth-order valence-corrected chi connectivity index (χ4v) is 3.11. The van der Waals surface area contributed by atoms with Crippen LogP contribution in [0.15, 0.2) is 18.7 Å². The van der Waals surface area contributed by atoms with E-state index in [1.807, 2.05) is 13.0 Å². The molecule has 0 saturated carbocycles. The van der Waals surface area contributed by atoms with E-state index in [-0.39, 0.29) is 0 Å². The van der Waals surface area contributed by atoms with E-state index in [0.29, 0.717) is 29.4 Å². The quantitative estimate of drug-likeness (QED) is 0.657. The lowest BCUT2D eigenvalue weighted by Gasteiger charge is -2.36. The Bertz CT molecular complexity index is 535. The van der Waals surface area contributed by atoms with E-state index in [2.05, 4.69) is 45.9 Å². The summed E-state index contributed by atoms with van der Waals surface area (Å²) in [6.07, 6.45) is 3.04. The molecule has 0 bridgehead atoms. The van der Waals surface area contributed by atoms with Gasteiger partial charge in [-0.2, -0.15) is 4.98 Å². The minimum Gasteiger partial charge on any atom is -0.359 e. The lowest BCUT2D eigenvalue weighted by molar-refractivity contribution is 0.355. The highest BCUT2D eigenvalue weighted by atomic mass is 32.1. The minimum absolute atomic E-state index is 0.511. The summed E-state index contributed by atoms with van der Waals surface area (Å²) < 4.78 is 0. The molecule has 0 spiro atoms. The van der Waals surface area contributed by atoms with Crippen LogP contribution in [0.25, 0.3) is 0 Å². The van der Waals surface area contributed by atoms with E-state index >= 15 is 0 Å². The standard InChI is InChI=1S/C16H25N5S/c1-5-6-17-16(22)20-15-18-13(4)8-14(19-15)21-9-11(2)7-12(3)10-21/h5,8,11-12H,1,6-7,9-10H2,2-4H3,(H2,17,18,19,20,22)/t11-,12+. The van der Waals surface area contributed by atoms with Gasteiger partial charge >= 0.3 is 0 Å². The predicted octanol–water partition coefficient (Wildman–Crippen LogP) is 2.74. The Balaban J connectivity index is 2.12. The summed E-state index contributed by atoms with van der Waals surface area (Å²) in [7, 11) is 0. The second-order valence-electron chi connectivity index (χ2n) is 6.17. The molecule has 120 valence electrons. The minimum atomic E-state index is 0.511. The van der Waals surface area contributed by atoms with Crippen molar-refractivity contribution in [2.45, 2.75) is 27.2 Å². The predicted molar refractivity (Wildman–Crippen MR) is 96.3 cm³/mol. The number of aromatic nitrogens is 2. The van der Waals surface area contributed by atoms with E-state index in [0.717, 1.165) is 24.6 Å². The van der Waals surface area contributed by atoms with Crippen LogP contribution in [-0.2, 0) is 0 Å². The van der Waals surface area contributed by atoms with Crippen LogP contribution in [0.3, 0.4) is 0 Å². The average Bonchev–Trinajstić information content (AvgIpc) is 2.43. The van der Waals surface area contributed by atoms with Crippen LogP contribution in [0.4, 0.5) is 11.8 Å². The lowest BCUT2D eigenvalue weighted by atomic mass is 9.92. The molecular weight excluding hydrogens is 294 g/mol. The van der Waals surface area contributed by atoms with Crippen molar-refractivity contribution >= 4 is 29.1 Å². The van der Waals surface area contributed by atoms with Gasteiger partial charge in [-0.3, -0.25) is 0 Å². The van der Waals surface area contributed by atoms with Crippen molar-refractivity contribution < 1.29 is 0 Å². The third kappa shape index (κ3) is 4.66. The van der Waals surface area contributed by atoms with Crippen LogP contribution in [0.5, 0.6) is 0 Å². The first-order valence-electron chi connectivity index (χ1n) is 7.74. The number of anilines is 2. The first kappa shape index (κ1) is 16.7. The molecule has 2 heterocycles. The fraction of sp³-hybridized carbons (Fsp3) is 0.562. The highest BCUT2D eigenvalue weighted by Crippen LogP contribution is 2.25. The van der Waals surface area contributed by atoms with Gasteiger partial charge in [0.15, 0.2) is 5.11 Å². The summed E-state index contributed by atoms with van der Waals surface area (Å²) >= 11 is 5.22. The molecule has 1 aromatic heterocycles. The normalized spacial score (nSPS) is 21.3. The second-order valence-corrected chi connectivity index (χ2v) is 6.57. The number of aryl methyl sites for hydroxylation is 1. The molecule has 5 nitrogen and oxygen atoms in total. The summed E-state index contributed by atoms with van der Waals surface area (Å²) in [6.45, 7) is 12.9. The van der Waals surface area contributed by atoms with Crippen molar-refractivity contribution in [1.82, 2.24) is 15.3 Å². The Morgan fingerprint density at radius 2 is 2.09 bits per heavy atom. The number of thiocarbonyl (C=S) groups is 1. The first-order valence-corrected chi connectivity index (χ1v) is 8.15. The third-order valence-corrected chi connectivity index (χ3v) is 3.91. The number of nitrogens with zero attached hydrogens (tertiary/aromatic N) is 3. The number of nitrogens with one attached hydrogen (secondary N) is 2. The third-order valence-electron chi connectivity index (χ3n) is 3.67. The highest BCUT2D eigenvalue weighted by Gasteiger charge is 2.23. The van der Waals surface area contributed by atoms with Gasteiger partial charge in [0, 0.05) is 31.4 Å². The van der Waals surface area contributed by atoms with Gasteiger partial charge in [0.1, 0.15) is 5.82 Å². The molecule has 1 aromatic rings. The molecule has 6 heteroatoms. The van der Waals surface area contributed by atoms with Crippen LogP contribution in [0.2, 0.25) is 0 Å². The van der Waals surface area contributed by atoms with Crippen LogP contribution in [0, 0.1) is 18.8 Å². The average molecular weight is 319 g/mol. The molecule has 0 unspecified atom stereocenters. The molecule has 0 aliphatic carbocycles. The Morgan fingerprint density at radius 1 is 1.41 bits per heavy atom. The molecule has 22 heavy (non-hydrogen) atoms. The molecule has 1 fully saturated rings. The Kier molecular flexibility index (Phi) is 5.71. The molecule has 2 atom stereocenters. The summed E-state index contributed by atoms with van der Waals surface area (Å²) in [5, 5.41) is 6.58. The van der Waals surface area contributed by atoms with Crippen LogP contribution < -0.4 is 15.5 Å². The van der Waals surface area contributed by atoms with Crippen molar-refractivity contribution in [2.75, 3.05) is 29.9 Å². The topological polar surface area (TPSA) is 53.1 Å². The molecule has 0 radical (unpaired) electrons. The van der Waals surface area contributed by atoms with E-state index < -0.39 is 0 Å². The summed E-state index contributed by atoms with van der Waals surface area (Å²) in [4.78, 5) is 11.4. The second kappa shape index (κ2) is 7.54. The van der Waals surface area contributed by atoms with Crippen molar-refractivity contribution in [1.29, 1.82) is 0 Å². The molecular formula is C16H25N5S. The summed E-state index contributed by atoms with van der Waals surface area (Å²) in [5.41, 5.74) is 0.935. The van der Waals surface area contributed by atoms with E-state index in [1.165, 1.54) is 6.42 Å². The van der Waals surface area contributed by atoms with Gasteiger partial charge in [-0.05, 0) is 37.4 Å². The number of hydrogen-bond donors (Lipinski definition) is 2. The maximum atomic E-state index is 5.22. The van der Waals surface area contributed by atoms with E-state index in [1.54, 1.807) is 6.08 Å². The number of hydrogen-bond acceptors (Lipinski definition) is 4. The molecule has 1 saturated heterocycles. The zero-order valence-corrected chi connectivity index (χ0v) is 14.4.